The highest BCUT2D eigenvalue weighted by Crippen LogP contribution is 2.31. The second kappa shape index (κ2) is 8.85. The number of pyridine rings is 1. The number of ketones is 1. The third-order valence-corrected chi connectivity index (χ3v) is 7.03. The van der Waals surface area contributed by atoms with Crippen molar-refractivity contribution >= 4 is 39.6 Å². The summed E-state index contributed by atoms with van der Waals surface area (Å²) < 4.78 is 13.2. The Kier molecular flexibility index (Phi) is 5.48. The molecule has 5 aromatic rings. The standard InChI is InChI=1S/C28H25FN6O2/c1-15-31-25-21(14-24(30)34-27(25)32-15)23-13-19-12-18(4-7-22(19)33-23)28(37)35-10-8-17(9-11-35)26(36)16-2-5-20(29)6-3-16/h2-7,12-14,17,33H,8-11H2,1H3,(H3,30,31,32,34). The molecule has 1 aliphatic heterocycles. The largest absolute Gasteiger partial charge is 0.384 e. The van der Waals surface area contributed by atoms with E-state index in [4.69, 9.17) is 5.73 Å². The molecule has 0 aliphatic carbocycles. The molecule has 1 aliphatic rings. The van der Waals surface area contributed by atoms with Crippen molar-refractivity contribution in [2.24, 2.45) is 5.92 Å². The van der Waals surface area contributed by atoms with Crippen molar-refractivity contribution in [3.63, 3.8) is 0 Å². The van der Waals surface area contributed by atoms with Crippen LogP contribution in [0.3, 0.4) is 0 Å². The minimum absolute atomic E-state index is 0.00586. The predicted molar refractivity (Wildman–Crippen MR) is 140 cm³/mol. The summed E-state index contributed by atoms with van der Waals surface area (Å²) in [7, 11) is 0. The van der Waals surface area contributed by atoms with Crippen molar-refractivity contribution < 1.29 is 14.0 Å². The summed E-state index contributed by atoms with van der Waals surface area (Å²) in [6.45, 7) is 2.87. The zero-order chi connectivity index (χ0) is 25.7. The number of aryl methyl sites for hydroxylation is 1. The van der Waals surface area contributed by atoms with Gasteiger partial charge in [-0.3, -0.25) is 9.59 Å². The van der Waals surface area contributed by atoms with Gasteiger partial charge in [0.15, 0.2) is 11.4 Å². The number of anilines is 1. The fourth-order valence-electron chi connectivity index (χ4n) is 5.12. The van der Waals surface area contributed by atoms with Crippen LogP contribution in [-0.4, -0.2) is 49.6 Å². The van der Waals surface area contributed by atoms with Crippen LogP contribution in [0, 0.1) is 18.7 Å². The van der Waals surface area contributed by atoms with Gasteiger partial charge in [-0.1, -0.05) is 0 Å². The number of carbonyl (C=O) groups excluding carboxylic acids is 2. The van der Waals surface area contributed by atoms with Crippen LogP contribution < -0.4 is 5.73 Å². The summed E-state index contributed by atoms with van der Waals surface area (Å²) in [5.41, 5.74) is 11.1. The van der Waals surface area contributed by atoms with Gasteiger partial charge >= 0.3 is 0 Å². The molecular formula is C28H25FN6O2. The van der Waals surface area contributed by atoms with Crippen LogP contribution in [0.4, 0.5) is 10.2 Å². The molecular weight excluding hydrogens is 471 g/mol. The van der Waals surface area contributed by atoms with Crippen LogP contribution in [-0.2, 0) is 0 Å². The second-order valence-corrected chi connectivity index (χ2v) is 9.54. The number of hydrogen-bond donors (Lipinski definition) is 3. The Morgan fingerprint density at radius 3 is 2.46 bits per heavy atom. The van der Waals surface area contributed by atoms with Gasteiger partial charge in [-0.05, 0) is 74.4 Å². The van der Waals surface area contributed by atoms with Crippen LogP contribution >= 0.6 is 0 Å². The van der Waals surface area contributed by atoms with Crippen molar-refractivity contribution in [1.29, 1.82) is 0 Å². The molecule has 9 heteroatoms. The molecule has 0 unspecified atom stereocenters. The number of rotatable bonds is 4. The van der Waals surface area contributed by atoms with E-state index in [1.165, 1.54) is 24.3 Å². The van der Waals surface area contributed by atoms with E-state index < -0.39 is 0 Å². The number of nitrogens with zero attached hydrogens (tertiary/aromatic N) is 3. The number of H-pyrrole nitrogens is 2. The normalized spacial score (nSPS) is 14.5. The molecule has 0 saturated carbocycles. The molecule has 4 heterocycles. The number of halogens is 1. The van der Waals surface area contributed by atoms with Gasteiger partial charge in [-0.25, -0.2) is 14.4 Å². The summed E-state index contributed by atoms with van der Waals surface area (Å²) in [5, 5.41) is 0.901. The molecule has 0 spiro atoms. The molecule has 1 fully saturated rings. The first-order valence-corrected chi connectivity index (χ1v) is 12.2. The lowest BCUT2D eigenvalue weighted by Crippen LogP contribution is -2.40. The van der Waals surface area contributed by atoms with Crippen LogP contribution in [0.25, 0.3) is 33.3 Å². The fraction of sp³-hybridized carbons (Fsp3) is 0.214. The summed E-state index contributed by atoms with van der Waals surface area (Å²) in [5.74, 6) is 0.558. The zero-order valence-electron chi connectivity index (χ0n) is 20.2. The van der Waals surface area contributed by atoms with Crippen LogP contribution in [0.15, 0.2) is 54.6 Å². The van der Waals surface area contributed by atoms with Crippen LogP contribution in [0.1, 0.15) is 39.4 Å². The molecule has 2 aromatic carbocycles. The monoisotopic (exact) mass is 496 g/mol. The minimum atomic E-state index is -0.363. The van der Waals surface area contributed by atoms with Gasteiger partial charge in [0.05, 0.1) is 0 Å². The SMILES string of the molecule is Cc1nc2c(-c3cc4cc(C(=O)N5CCC(C(=O)c6ccc(F)cc6)CC5)ccc4[nH]3)cc(N)nc2[nH]1. The van der Waals surface area contributed by atoms with E-state index in [2.05, 4.69) is 19.9 Å². The Morgan fingerprint density at radius 2 is 1.70 bits per heavy atom. The molecule has 37 heavy (non-hydrogen) atoms. The number of imidazole rings is 1. The molecule has 186 valence electrons. The molecule has 0 bridgehead atoms. The van der Waals surface area contributed by atoms with Crippen molar-refractivity contribution in [3.05, 3.63) is 77.4 Å². The highest BCUT2D eigenvalue weighted by Gasteiger charge is 2.28. The summed E-state index contributed by atoms with van der Waals surface area (Å²) in [6, 6.07) is 15.0. The lowest BCUT2D eigenvalue weighted by Gasteiger charge is -2.31. The molecule has 3 aromatic heterocycles. The van der Waals surface area contributed by atoms with E-state index in [-0.39, 0.29) is 23.4 Å². The van der Waals surface area contributed by atoms with Gasteiger partial charge in [0.25, 0.3) is 5.91 Å². The summed E-state index contributed by atoms with van der Waals surface area (Å²) in [6.07, 6.45) is 1.17. The van der Waals surface area contributed by atoms with E-state index in [1.54, 1.807) is 11.0 Å². The van der Waals surface area contributed by atoms with Gasteiger partial charge < -0.3 is 20.6 Å². The summed E-state index contributed by atoms with van der Waals surface area (Å²) >= 11 is 0. The number of hydrogen-bond acceptors (Lipinski definition) is 5. The lowest BCUT2D eigenvalue weighted by atomic mass is 9.88. The number of nitrogen functional groups attached to an aromatic ring is 1. The fourth-order valence-corrected chi connectivity index (χ4v) is 5.12. The number of nitrogens with one attached hydrogen (secondary N) is 2. The third-order valence-electron chi connectivity index (χ3n) is 7.03. The van der Waals surface area contributed by atoms with Crippen molar-refractivity contribution in [1.82, 2.24) is 24.8 Å². The second-order valence-electron chi connectivity index (χ2n) is 9.54. The van der Waals surface area contributed by atoms with Crippen molar-refractivity contribution in [2.45, 2.75) is 19.8 Å². The Hall–Kier alpha value is -4.53. The number of aromatic amines is 2. The average Bonchev–Trinajstić information content (AvgIpc) is 3.50. The number of piperidine rings is 1. The summed E-state index contributed by atoms with van der Waals surface area (Å²) in [4.78, 5) is 43.3. The number of likely N-dealkylation sites (tertiary alicyclic amines) is 1. The molecule has 0 radical (unpaired) electrons. The molecule has 1 amide bonds. The van der Waals surface area contributed by atoms with Crippen molar-refractivity contribution in [2.75, 3.05) is 18.8 Å². The maximum atomic E-state index is 13.3. The molecule has 4 N–H and O–H groups in total. The number of fused-ring (bicyclic) bond motifs is 2. The Balaban J connectivity index is 1.20. The molecule has 1 saturated heterocycles. The zero-order valence-corrected chi connectivity index (χ0v) is 20.2. The van der Waals surface area contributed by atoms with Crippen molar-refractivity contribution in [3.8, 4) is 11.3 Å². The van der Waals surface area contributed by atoms with E-state index >= 15 is 0 Å². The highest BCUT2D eigenvalue weighted by molar-refractivity contribution is 6.01. The number of benzene rings is 2. The Morgan fingerprint density at radius 1 is 0.973 bits per heavy atom. The van der Waals surface area contributed by atoms with E-state index in [0.29, 0.717) is 48.5 Å². The lowest BCUT2D eigenvalue weighted by molar-refractivity contribution is 0.0650. The first-order valence-electron chi connectivity index (χ1n) is 12.2. The van der Waals surface area contributed by atoms with E-state index in [1.807, 2.05) is 31.2 Å². The smallest absolute Gasteiger partial charge is 0.253 e. The van der Waals surface area contributed by atoms with Gasteiger partial charge in [-0.15, -0.1) is 0 Å². The number of carbonyl (C=O) groups is 2. The maximum absolute atomic E-state index is 13.3. The molecule has 8 nitrogen and oxygen atoms in total. The number of Topliss-reactive ketones (excluding diaryl/α,β-unsaturated/α-hetero) is 1. The van der Waals surface area contributed by atoms with Crippen LogP contribution in [0.2, 0.25) is 0 Å². The number of aromatic nitrogens is 4. The predicted octanol–water partition coefficient (Wildman–Crippen LogP) is 4.87. The quantitative estimate of drug-likeness (QED) is 0.307. The Labute approximate surface area is 211 Å². The average molecular weight is 497 g/mol. The number of nitrogens with two attached hydrogens (primary N) is 1. The number of amides is 1. The van der Waals surface area contributed by atoms with E-state index in [9.17, 15) is 14.0 Å². The van der Waals surface area contributed by atoms with Gasteiger partial charge in [0.2, 0.25) is 0 Å². The molecule has 0 atom stereocenters. The first kappa shape index (κ1) is 22.9. The van der Waals surface area contributed by atoms with Gasteiger partial charge in [0.1, 0.15) is 23.0 Å². The maximum Gasteiger partial charge on any atom is 0.253 e. The third kappa shape index (κ3) is 4.22. The Bertz CT molecular complexity index is 1660. The highest BCUT2D eigenvalue weighted by atomic mass is 19.1. The van der Waals surface area contributed by atoms with Gasteiger partial charge in [-0.2, -0.15) is 0 Å². The topological polar surface area (TPSA) is 121 Å². The van der Waals surface area contributed by atoms with Crippen LogP contribution in [0.5, 0.6) is 0 Å². The van der Waals surface area contributed by atoms with E-state index in [0.717, 1.165) is 33.5 Å². The minimum Gasteiger partial charge on any atom is -0.384 e. The van der Waals surface area contributed by atoms with Gasteiger partial charge in [0, 0.05) is 52.3 Å². The molecule has 6 rings (SSSR count). The first-order chi connectivity index (χ1) is 17.9.